The molecule has 1 fully saturated rings. The van der Waals surface area contributed by atoms with Crippen LogP contribution in [-0.2, 0) is 22.7 Å². The van der Waals surface area contributed by atoms with Crippen LogP contribution in [0.5, 0.6) is 0 Å². The van der Waals surface area contributed by atoms with E-state index in [9.17, 15) is 9.59 Å². The van der Waals surface area contributed by atoms with Crippen molar-refractivity contribution < 1.29 is 18.7 Å². The van der Waals surface area contributed by atoms with Crippen molar-refractivity contribution in [1.29, 1.82) is 0 Å². The molecule has 0 aliphatic carbocycles. The maximum Gasteiger partial charge on any atom is 0.410 e. The van der Waals surface area contributed by atoms with Crippen LogP contribution in [0.3, 0.4) is 0 Å². The average Bonchev–Trinajstić information content (AvgIpc) is 3.18. The van der Waals surface area contributed by atoms with Gasteiger partial charge in [-0.05, 0) is 30.5 Å². The largest absolute Gasteiger partial charge is 0.467 e. The zero-order valence-electron chi connectivity index (χ0n) is 14.0. The van der Waals surface area contributed by atoms with Crippen LogP contribution >= 0.6 is 0 Å². The van der Waals surface area contributed by atoms with Crippen molar-refractivity contribution in [2.45, 2.75) is 26.0 Å². The van der Waals surface area contributed by atoms with Gasteiger partial charge in [0.05, 0.1) is 18.7 Å². The van der Waals surface area contributed by atoms with Crippen LogP contribution in [0.2, 0.25) is 0 Å². The lowest BCUT2D eigenvalue weighted by atomic mass is 9.97. The summed E-state index contributed by atoms with van der Waals surface area (Å²) in [5, 5.41) is 2.86. The van der Waals surface area contributed by atoms with Crippen molar-refractivity contribution in [3.8, 4) is 0 Å². The molecule has 1 aliphatic rings. The van der Waals surface area contributed by atoms with E-state index in [4.69, 9.17) is 9.15 Å². The standard InChI is InChI=1S/C19H22N2O4/c22-18(20-12-17-9-5-11-24-17)16-8-4-10-21(13-16)19(23)25-14-15-6-2-1-3-7-15/h1-3,5-7,9,11,16H,4,8,10,12-14H2,(H,20,22). The predicted molar refractivity (Wildman–Crippen MR) is 91.5 cm³/mol. The number of hydrogen-bond acceptors (Lipinski definition) is 4. The van der Waals surface area contributed by atoms with Crippen molar-refractivity contribution in [2.24, 2.45) is 5.92 Å². The minimum absolute atomic E-state index is 0.0584. The smallest absolute Gasteiger partial charge is 0.410 e. The summed E-state index contributed by atoms with van der Waals surface area (Å²) < 4.78 is 10.6. The number of hydrogen-bond donors (Lipinski definition) is 1. The van der Waals surface area contributed by atoms with Gasteiger partial charge in [-0.3, -0.25) is 4.79 Å². The molecule has 2 aromatic rings. The number of furan rings is 1. The van der Waals surface area contributed by atoms with Gasteiger partial charge in [0.25, 0.3) is 0 Å². The second-order valence-electron chi connectivity index (χ2n) is 6.12. The van der Waals surface area contributed by atoms with E-state index >= 15 is 0 Å². The van der Waals surface area contributed by atoms with Crippen LogP contribution in [0.25, 0.3) is 0 Å². The van der Waals surface area contributed by atoms with E-state index in [1.54, 1.807) is 17.2 Å². The number of amides is 2. The Morgan fingerprint density at radius 2 is 2.04 bits per heavy atom. The molecular weight excluding hydrogens is 320 g/mol. The molecule has 1 atom stereocenters. The van der Waals surface area contributed by atoms with Crippen LogP contribution in [0.15, 0.2) is 53.1 Å². The van der Waals surface area contributed by atoms with Crippen molar-refractivity contribution in [1.82, 2.24) is 10.2 Å². The van der Waals surface area contributed by atoms with Crippen LogP contribution < -0.4 is 5.32 Å². The summed E-state index contributed by atoms with van der Waals surface area (Å²) in [4.78, 5) is 26.2. The Kier molecular flexibility index (Phi) is 5.72. The normalized spacial score (nSPS) is 17.1. The molecule has 0 bridgehead atoms. The number of rotatable bonds is 5. The van der Waals surface area contributed by atoms with Gasteiger partial charge >= 0.3 is 6.09 Å². The van der Waals surface area contributed by atoms with Gasteiger partial charge in [-0.1, -0.05) is 30.3 Å². The van der Waals surface area contributed by atoms with Crippen molar-refractivity contribution >= 4 is 12.0 Å². The van der Waals surface area contributed by atoms with E-state index in [-0.39, 0.29) is 24.5 Å². The number of carbonyl (C=O) groups excluding carboxylic acids is 2. The van der Waals surface area contributed by atoms with Crippen molar-refractivity contribution in [3.63, 3.8) is 0 Å². The summed E-state index contributed by atoms with van der Waals surface area (Å²) in [5.41, 5.74) is 0.945. The molecule has 0 radical (unpaired) electrons. The second kappa shape index (κ2) is 8.37. The van der Waals surface area contributed by atoms with Crippen LogP contribution in [0, 0.1) is 5.92 Å². The van der Waals surface area contributed by atoms with Crippen LogP contribution in [0.1, 0.15) is 24.2 Å². The molecule has 6 heteroatoms. The van der Waals surface area contributed by atoms with Gasteiger partial charge in [-0.15, -0.1) is 0 Å². The highest BCUT2D eigenvalue weighted by Gasteiger charge is 2.29. The van der Waals surface area contributed by atoms with Gasteiger partial charge in [0, 0.05) is 13.1 Å². The van der Waals surface area contributed by atoms with E-state index < -0.39 is 0 Å². The molecule has 2 amide bonds. The molecule has 1 unspecified atom stereocenters. The molecular formula is C19H22N2O4. The number of likely N-dealkylation sites (tertiary alicyclic amines) is 1. The van der Waals surface area contributed by atoms with Crippen molar-refractivity contribution in [3.05, 3.63) is 60.1 Å². The van der Waals surface area contributed by atoms with E-state index in [0.717, 1.165) is 18.4 Å². The summed E-state index contributed by atoms with van der Waals surface area (Å²) in [6.07, 6.45) is 2.77. The van der Waals surface area contributed by atoms with Gasteiger partial charge in [-0.2, -0.15) is 0 Å². The van der Waals surface area contributed by atoms with Gasteiger partial charge in [0.1, 0.15) is 12.4 Å². The molecule has 0 spiro atoms. The minimum atomic E-state index is -0.368. The topological polar surface area (TPSA) is 71.8 Å². The number of ether oxygens (including phenoxy) is 1. The Balaban J connectivity index is 1.46. The summed E-state index contributed by atoms with van der Waals surface area (Å²) >= 11 is 0. The molecule has 1 aliphatic heterocycles. The highest BCUT2D eigenvalue weighted by Crippen LogP contribution is 2.18. The average molecular weight is 342 g/mol. The van der Waals surface area contributed by atoms with E-state index in [2.05, 4.69) is 5.32 Å². The SMILES string of the molecule is O=C(NCc1ccco1)C1CCCN(C(=O)OCc2ccccc2)C1. The quantitative estimate of drug-likeness (QED) is 0.907. The molecule has 132 valence electrons. The third-order valence-electron chi connectivity index (χ3n) is 4.27. The minimum Gasteiger partial charge on any atom is -0.467 e. The predicted octanol–water partition coefficient (Wildman–Crippen LogP) is 2.94. The lowest BCUT2D eigenvalue weighted by Gasteiger charge is -2.31. The highest BCUT2D eigenvalue weighted by molar-refractivity contribution is 5.79. The maximum atomic E-state index is 12.3. The Hall–Kier alpha value is -2.76. The first kappa shape index (κ1) is 17.1. The fraction of sp³-hybridized carbons (Fsp3) is 0.368. The zero-order valence-corrected chi connectivity index (χ0v) is 14.0. The molecule has 25 heavy (non-hydrogen) atoms. The molecule has 1 N–H and O–H groups in total. The third kappa shape index (κ3) is 4.86. The Labute approximate surface area is 146 Å². The van der Waals surface area contributed by atoms with Gasteiger partial charge in [0.2, 0.25) is 5.91 Å². The first-order valence-electron chi connectivity index (χ1n) is 8.48. The van der Waals surface area contributed by atoms with E-state index in [1.165, 1.54) is 0 Å². The van der Waals surface area contributed by atoms with Gasteiger partial charge in [0.15, 0.2) is 0 Å². The molecule has 1 aromatic heterocycles. The number of nitrogens with zero attached hydrogens (tertiary/aromatic N) is 1. The third-order valence-corrected chi connectivity index (χ3v) is 4.27. The monoisotopic (exact) mass is 342 g/mol. The Morgan fingerprint density at radius 3 is 2.80 bits per heavy atom. The Bertz CT molecular complexity index is 685. The van der Waals surface area contributed by atoms with E-state index in [0.29, 0.717) is 25.4 Å². The maximum absolute atomic E-state index is 12.3. The molecule has 3 rings (SSSR count). The number of benzene rings is 1. The fourth-order valence-corrected chi connectivity index (χ4v) is 2.90. The van der Waals surface area contributed by atoms with Crippen LogP contribution in [-0.4, -0.2) is 30.0 Å². The Morgan fingerprint density at radius 1 is 1.20 bits per heavy atom. The summed E-state index contributed by atoms with van der Waals surface area (Å²) in [6.45, 7) is 1.61. The van der Waals surface area contributed by atoms with Crippen LogP contribution in [0.4, 0.5) is 4.79 Å². The molecule has 2 heterocycles. The van der Waals surface area contributed by atoms with Gasteiger partial charge in [-0.25, -0.2) is 4.79 Å². The second-order valence-corrected chi connectivity index (χ2v) is 6.12. The lowest BCUT2D eigenvalue weighted by molar-refractivity contribution is -0.126. The van der Waals surface area contributed by atoms with E-state index in [1.807, 2.05) is 36.4 Å². The first-order valence-corrected chi connectivity index (χ1v) is 8.48. The number of carbonyl (C=O) groups is 2. The first-order chi connectivity index (χ1) is 12.2. The molecule has 6 nitrogen and oxygen atoms in total. The highest BCUT2D eigenvalue weighted by atomic mass is 16.6. The molecule has 0 saturated carbocycles. The van der Waals surface area contributed by atoms with Gasteiger partial charge < -0.3 is 19.4 Å². The summed E-state index contributed by atoms with van der Waals surface area (Å²) in [5.74, 6) is 0.438. The number of nitrogens with one attached hydrogen (secondary N) is 1. The fourth-order valence-electron chi connectivity index (χ4n) is 2.90. The molecule has 1 aromatic carbocycles. The molecule has 1 saturated heterocycles. The number of piperidine rings is 1. The summed E-state index contributed by atoms with van der Waals surface area (Å²) in [7, 11) is 0. The summed E-state index contributed by atoms with van der Waals surface area (Å²) in [6, 6.07) is 13.2. The lowest BCUT2D eigenvalue weighted by Crippen LogP contribution is -2.45. The zero-order chi connectivity index (χ0) is 17.5. The van der Waals surface area contributed by atoms with Crippen molar-refractivity contribution in [2.75, 3.05) is 13.1 Å².